The Labute approximate surface area is 89.7 Å². The van der Waals surface area contributed by atoms with Crippen molar-refractivity contribution in [2.45, 2.75) is 32.3 Å². The summed E-state index contributed by atoms with van der Waals surface area (Å²) in [7, 11) is 0. The molecular weight excluding hydrogens is 195 g/mol. The first-order valence-electron chi connectivity index (χ1n) is 5.25. The Morgan fingerprint density at radius 3 is 2.53 bits per heavy atom. The highest BCUT2D eigenvalue weighted by Crippen LogP contribution is 2.11. The highest BCUT2D eigenvalue weighted by molar-refractivity contribution is 5.21. The monoisotopic (exact) mass is 212 g/mol. The number of rotatable bonds is 6. The molecule has 0 spiro atoms. The summed E-state index contributed by atoms with van der Waals surface area (Å²) >= 11 is 0. The average Bonchev–Trinajstić information content (AvgIpc) is 2.20. The number of aliphatic hydroxyl groups is 1. The van der Waals surface area contributed by atoms with Gasteiger partial charge in [-0.3, -0.25) is 0 Å². The number of hydrogen-bond acceptors (Lipinski definition) is 2. The highest BCUT2D eigenvalue weighted by Gasteiger charge is 1.97. The van der Waals surface area contributed by atoms with E-state index in [1.54, 1.807) is 19.1 Å². The molecule has 1 rings (SSSR count). The molecule has 0 aromatic heterocycles. The second kappa shape index (κ2) is 6.40. The van der Waals surface area contributed by atoms with Gasteiger partial charge in [0, 0.05) is 0 Å². The van der Waals surface area contributed by atoms with Crippen LogP contribution in [0.4, 0.5) is 4.39 Å². The average molecular weight is 212 g/mol. The normalized spacial score (nSPS) is 12.5. The Morgan fingerprint density at radius 1 is 1.27 bits per heavy atom. The van der Waals surface area contributed by atoms with Crippen molar-refractivity contribution in [3.05, 3.63) is 30.1 Å². The Morgan fingerprint density at radius 2 is 1.93 bits per heavy atom. The fourth-order valence-corrected chi connectivity index (χ4v) is 1.26. The lowest BCUT2D eigenvalue weighted by molar-refractivity contribution is 0.177. The van der Waals surface area contributed by atoms with E-state index in [-0.39, 0.29) is 11.9 Å². The van der Waals surface area contributed by atoms with Crippen LogP contribution < -0.4 is 4.74 Å². The maximum absolute atomic E-state index is 12.5. The standard InChI is InChI=1S/C12H17FO2/c1-10(14)4-2-3-9-15-12-7-5-11(13)6-8-12/h5-8,10,14H,2-4,9H2,1H3. The van der Waals surface area contributed by atoms with Gasteiger partial charge in [0.1, 0.15) is 11.6 Å². The van der Waals surface area contributed by atoms with Gasteiger partial charge in [0.25, 0.3) is 0 Å². The van der Waals surface area contributed by atoms with Crippen LogP contribution in [-0.4, -0.2) is 17.8 Å². The van der Waals surface area contributed by atoms with E-state index in [1.807, 2.05) is 0 Å². The molecule has 0 radical (unpaired) electrons. The van der Waals surface area contributed by atoms with Gasteiger partial charge in [0.15, 0.2) is 0 Å². The molecule has 0 heterocycles. The number of unbranched alkanes of at least 4 members (excludes halogenated alkanes) is 1. The smallest absolute Gasteiger partial charge is 0.123 e. The van der Waals surface area contributed by atoms with Gasteiger partial charge in [0.05, 0.1) is 12.7 Å². The number of benzene rings is 1. The van der Waals surface area contributed by atoms with E-state index in [0.717, 1.165) is 19.3 Å². The third kappa shape index (κ3) is 5.37. The third-order valence-electron chi connectivity index (χ3n) is 2.10. The van der Waals surface area contributed by atoms with Crippen LogP contribution in [0.25, 0.3) is 0 Å². The number of hydrogen-bond donors (Lipinski definition) is 1. The van der Waals surface area contributed by atoms with Crippen LogP contribution in [0.5, 0.6) is 5.75 Å². The molecule has 0 fully saturated rings. The summed E-state index contributed by atoms with van der Waals surface area (Å²) in [5, 5.41) is 9.02. The van der Waals surface area contributed by atoms with E-state index >= 15 is 0 Å². The highest BCUT2D eigenvalue weighted by atomic mass is 19.1. The molecule has 0 saturated heterocycles. The molecule has 0 aliphatic heterocycles. The minimum Gasteiger partial charge on any atom is -0.494 e. The van der Waals surface area contributed by atoms with E-state index in [4.69, 9.17) is 9.84 Å². The van der Waals surface area contributed by atoms with Crippen molar-refractivity contribution in [3.8, 4) is 5.75 Å². The molecule has 0 bridgehead atoms. The molecule has 1 N–H and O–H groups in total. The van der Waals surface area contributed by atoms with Gasteiger partial charge in [-0.05, 0) is 50.5 Å². The van der Waals surface area contributed by atoms with E-state index in [1.165, 1.54) is 12.1 Å². The zero-order chi connectivity index (χ0) is 11.1. The van der Waals surface area contributed by atoms with Gasteiger partial charge in [-0.2, -0.15) is 0 Å². The fourth-order valence-electron chi connectivity index (χ4n) is 1.26. The van der Waals surface area contributed by atoms with Crippen molar-refractivity contribution in [2.75, 3.05) is 6.61 Å². The predicted molar refractivity (Wildman–Crippen MR) is 57.4 cm³/mol. The van der Waals surface area contributed by atoms with Crippen molar-refractivity contribution in [1.29, 1.82) is 0 Å². The molecule has 2 nitrogen and oxygen atoms in total. The number of ether oxygens (including phenoxy) is 1. The first kappa shape index (κ1) is 12.0. The predicted octanol–water partition coefficient (Wildman–Crippen LogP) is 2.76. The molecule has 0 amide bonds. The van der Waals surface area contributed by atoms with Crippen molar-refractivity contribution in [1.82, 2.24) is 0 Å². The maximum atomic E-state index is 12.5. The molecule has 1 aromatic carbocycles. The molecule has 0 aliphatic carbocycles. The van der Waals surface area contributed by atoms with Crippen LogP contribution >= 0.6 is 0 Å². The second-order valence-corrected chi connectivity index (χ2v) is 3.65. The summed E-state index contributed by atoms with van der Waals surface area (Å²) in [4.78, 5) is 0. The van der Waals surface area contributed by atoms with E-state index in [2.05, 4.69) is 0 Å². The summed E-state index contributed by atoms with van der Waals surface area (Å²) < 4.78 is 17.9. The van der Waals surface area contributed by atoms with Crippen LogP contribution in [0.1, 0.15) is 26.2 Å². The van der Waals surface area contributed by atoms with Gasteiger partial charge in [0.2, 0.25) is 0 Å². The fraction of sp³-hybridized carbons (Fsp3) is 0.500. The van der Waals surface area contributed by atoms with Gasteiger partial charge in [-0.1, -0.05) is 0 Å². The van der Waals surface area contributed by atoms with Crippen LogP contribution in [-0.2, 0) is 0 Å². The van der Waals surface area contributed by atoms with Crippen molar-refractivity contribution < 1.29 is 14.2 Å². The lowest BCUT2D eigenvalue weighted by Crippen LogP contribution is -2.02. The molecule has 84 valence electrons. The molecule has 3 heteroatoms. The summed E-state index contributed by atoms with van der Waals surface area (Å²) in [5.74, 6) is 0.435. The van der Waals surface area contributed by atoms with Crippen molar-refractivity contribution in [2.24, 2.45) is 0 Å². The first-order chi connectivity index (χ1) is 7.18. The Bertz CT molecular complexity index is 269. The number of halogens is 1. The topological polar surface area (TPSA) is 29.5 Å². The van der Waals surface area contributed by atoms with Crippen LogP contribution in [0.15, 0.2) is 24.3 Å². The van der Waals surface area contributed by atoms with Gasteiger partial charge >= 0.3 is 0 Å². The molecule has 0 saturated carbocycles. The third-order valence-corrected chi connectivity index (χ3v) is 2.10. The SMILES string of the molecule is CC(O)CCCCOc1ccc(F)cc1. The van der Waals surface area contributed by atoms with Crippen molar-refractivity contribution >= 4 is 0 Å². The van der Waals surface area contributed by atoms with Crippen LogP contribution in [0, 0.1) is 5.82 Å². The second-order valence-electron chi connectivity index (χ2n) is 3.65. The lowest BCUT2D eigenvalue weighted by atomic mass is 10.2. The Hall–Kier alpha value is -1.09. The van der Waals surface area contributed by atoms with Crippen LogP contribution in [0.2, 0.25) is 0 Å². The van der Waals surface area contributed by atoms with E-state index < -0.39 is 0 Å². The summed E-state index contributed by atoms with van der Waals surface area (Å²) in [6.07, 6.45) is 2.41. The quantitative estimate of drug-likeness (QED) is 0.735. The Balaban J connectivity index is 2.12. The van der Waals surface area contributed by atoms with Gasteiger partial charge < -0.3 is 9.84 Å². The molecule has 1 atom stereocenters. The minimum atomic E-state index is -0.253. The largest absolute Gasteiger partial charge is 0.494 e. The molecule has 1 unspecified atom stereocenters. The molecule has 0 aliphatic rings. The lowest BCUT2D eigenvalue weighted by Gasteiger charge is -2.06. The number of aliphatic hydroxyl groups excluding tert-OH is 1. The Kier molecular flexibility index (Phi) is 5.12. The molecular formula is C12H17FO2. The summed E-state index contributed by atoms with van der Waals surface area (Å²) in [6, 6.07) is 5.99. The zero-order valence-corrected chi connectivity index (χ0v) is 8.95. The molecule has 1 aromatic rings. The van der Waals surface area contributed by atoms with Crippen molar-refractivity contribution in [3.63, 3.8) is 0 Å². The van der Waals surface area contributed by atoms with Crippen LogP contribution in [0.3, 0.4) is 0 Å². The van der Waals surface area contributed by atoms with E-state index in [9.17, 15) is 4.39 Å². The first-order valence-corrected chi connectivity index (χ1v) is 5.25. The minimum absolute atomic E-state index is 0.240. The summed E-state index contributed by atoms with van der Waals surface area (Å²) in [6.45, 7) is 2.39. The van der Waals surface area contributed by atoms with Gasteiger partial charge in [-0.25, -0.2) is 4.39 Å². The summed E-state index contributed by atoms with van der Waals surface area (Å²) in [5.41, 5.74) is 0. The zero-order valence-electron chi connectivity index (χ0n) is 8.95. The maximum Gasteiger partial charge on any atom is 0.123 e. The van der Waals surface area contributed by atoms with E-state index in [0.29, 0.717) is 12.4 Å². The molecule has 15 heavy (non-hydrogen) atoms. The van der Waals surface area contributed by atoms with Gasteiger partial charge in [-0.15, -0.1) is 0 Å².